The van der Waals surface area contributed by atoms with Crippen LogP contribution in [0.1, 0.15) is 12.8 Å². The summed E-state index contributed by atoms with van der Waals surface area (Å²) >= 11 is 0. The smallest absolute Gasteiger partial charge is 0.253 e. The molecule has 1 unspecified atom stereocenters. The third-order valence-electron chi connectivity index (χ3n) is 2.04. The summed E-state index contributed by atoms with van der Waals surface area (Å²) in [6, 6.07) is 3.71. The maximum Gasteiger partial charge on any atom is 0.253 e. The van der Waals surface area contributed by atoms with Crippen molar-refractivity contribution in [3.63, 3.8) is 0 Å². The van der Waals surface area contributed by atoms with Gasteiger partial charge in [-0.2, -0.15) is 10.5 Å². The molecule has 0 aromatic carbocycles. The Bertz CT molecular complexity index is 267. The van der Waals surface area contributed by atoms with Gasteiger partial charge in [0.05, 0.1) is 12.1 Å². The number of nitrogens with zero attached hydrogens (tertiary/aromatic N) is 3. The Morgan fingerprint density at radius 3 is 2.50 bits per heavy atom. The molecule has 1 heterocycles. The molecule has 1 fully saturated rings. The van der Waals surface area contributed by atoms with Crippen LogP contribution in [0.2, 0.25) is 0 Å². The van der Waals surface area contributed by atoms with Crippen molar-refractivity contribution in [3.05, 3.63) is 0 Å². The average Bonchev–Trinajstić information content (AvgIpc) is 2.69. The molecular weight excluding hydrogens is 182 g/mol. The van der Waals surface area contributed by atoms with Gasteiger partial charge >= 0.3 is 0 Å². The van der Waals surface area contributed by atoms with Crippen LogP contribution in [0.4, 0.5) is 0 Å². The molecule has 14 heavy (non-hydrogen) atoms. The van der Waals surface area contributed by atoms with Crippen molar-refractivity contribution in [3.8, 4) is 12.1 Å². The summed E-state index contributed by atoms with van der Waals surface area (Å²) in [4.78, 5) is 12.8. The summed E-state index contributed by atoms with van der Waals surface area (Å²) in [6.07, 6.45) is 1.10. The van der Waals surface area contributed by atoms with Crippen LogP contribution in [0, 0.1) is 22.7 Å². The Balaban J connectivity index is 2.54. The fourth-order valence-electron chi connectivity index (χ4n) is 1.36. The first-order valence-corrected chi connectivity index (χ1v) is 4.44. The van der Waals surface area contributed by atoms with Crippen LogP contribution < -0.4 is 0 Å². The molecule has 1 rings (SSSR count). The minimum Gasteiger partial charge on any atom is -0.368 e. The second-order valence-corrected chi connectivity index (χ2v) is 3.01. The topological polar surface area (TPSA) is 77.1 Å². The SMILES string of the molecule is N#CCN(CC#N)C(=O)C1CCCO1. The lowest BCUT2D eigenvalue weighted by Crippen LogP contribution is -2.39. The van der Waals surface area contributed by atoms with E-state index in [4.69, 9.17) is 15.3 Å². The molecular formula is C9H11N3O2. The molecule has 0 bridgehead atoms. The molecule has 0 aliphatic carbocycles. The molecule has 0 radical (unpaired) electrons. The monoisotopic (exact) mass is 193 g/mol. The third-order valence-corrected chi connectivity index (χ3v) is 2.04. The van der Waals surface area contributed by atoms with E-state index in [1.165, 1.54) is 4.90 Å². The standard InChI is InChI=1S/C9H11N3O2/c10-3-5-12(6-4-11)9(13)8-2-1-7-14-8/h8H,1-2,5-7H2. The van der Waals surface area contributed by atoms with E-state index in [9.17, 15) is 4.79 Å². The highest BCUT2D eigenvalue weighted by atomic mass is 16.5. The van der Waals surface area contributed by atoms with E-state index in [0.29, 0.717) is 13.0 Å². The van der Waals surface area contributed by atoms with Crippen molar-refractivity contribution in [2.45, 2.75) is 18.9 Å². The first-order valence-electron chi connectivity index (χ1n) is 4.44. The Labute approximate surface area is 82.5 Å². The summed E-state index contributed by atoms with van der Waals surface area (Å²) in [6.45, 7) is 0.488. The van der Waals surface area contributed by atoms with E-state index in [1.54, 1.807) is 0 Å². The number of ether oxygens (including phenoxy) is 1. The van der Waals surface area contributed by atoms with Crippen LogP contribution in [0.15, 0.2) is 0 Å². The van der Waals surface area contributed by atoms with E-state index in [0.717, 1.165) is 6.42 Å². The van der Waals surface area contributed by atoms with Gasteiger partial charge in [-0.1, -0.05) is 0 Å². The summed E-state index contributed by atoms with van der Waals surface area (Å²) in [5, 5.41) is 16.9. The summed E-state index contributed by atoms with van der Waals surface area (Å²) in [7, 11) is 0. The van der Waals surface area contributed by atoms with E-state index < -0.39 is 6.10 Å². The zero-order valence-electron chi connectivity index (χ0n) is 7.77. The predicted octanol–water partition coefficient (Wildman–Crippen LogP) is 0.0412. The normalized spacial score (nSPS) is 19.7. The van der Waals surface area contributed by atoms with Gasteiger partial charge in [0.2, 0.25) is 0 Å². The molecule has 0 spiro atoms. The predicted molar refractivity (Wildman–Crippen MR) is 46.8 cm³/mol. The van der Waals surface area contributed by atoms with Crippen molar-refractivity contribution < 1.29 is 9.53 Å². The van der Waals surface area contributed by atoms with Gasteiger partial charge in [-0.05, 0) is 12.8 Å². The van der Waals surface area contributed by atoms with Crippen LogP contribution in [-0.2, 0) is 9.53 Å². The van der Waals surface area contributed by atoms with Gasteiger partial charge in [0, 0.05) is 6.61 Å². The van der Waals surface area contributed by atoms with Gasteiger partial charge in [-0.3, -0.25) is 4.79 Å². The van der Waals surface area contributed by atoms with E-state index in [1.807, 2.05) is 12.1 Å². The molecule has 0 N–H and O–H groups in total. The van der Waals surface area contributed by atoms with Crippen molar-refractivity contribution in [2.75, 3.05) is 19.7 Å². The summed E-state index contributed by atoms with van der Waals surface area (Å²) < 4.78 is 5.18. The number of nitriles is 2. The van der Waals surface area contributed by atoms with E-state index in [-0.39, 0.29) is 19.0 Å². The van der Waals surface area contributed by atoms with Crippen molar-refractivity contribution in [1.82, 2.24) is 4.90 Å². The zero-order valence-corrected chi connectivity index (χ0v) is 7.77. The molecule has 5 heteroatoms. The summed E-state index contributed by atoms with van der Waals surface area (Å²) in [5.41, 5.74) is 0. The Hall–Kier alpha value is -1.59. The number of hydrogen-bond acceptors (Lipinski definition) is 4. The fourth-order valence-corrected chi connectivity index (χ4v) is 1.36. The lowest BCUT2D eigenvalue weighted by Gasteiger charge is -2.19. The molecule has 5 nitrogen and oxygen atoms in total. The summed E-state index contributed by atoms with van der Waals surface area (Å²) in [5.74, 6) is -0.245. The highest BCUT2D eigenvalue weighted by Crippen LogP contribution is 2.14. The van der Waals surface area contributed by atoms with Gasteiger partial charge in [-0.15, -0.1) is 0 Å². The number of hydrogen-bond donors (Lipinski definition) is 0. The Morgan fingerprint density at radius 2 is 2.07 bits per heavy atom. The highest BCUT2D eigenvalue weighted by molar-refractivity contribution is 5.81. The molecule has 1 atom stereocenters. The van der Waals surface area contributed by atoms with Gasteiger partial charge in [0.25, 0.3) is 5.91 Å². The lowest BCUT2D eigenvalue weighted by molar-refractivity contribution is -0.139. The zero-order chi connectivity index (χ0) is 10.4. The van der Waals surface area contributed by atoms with Crippen molar-refractivity contribution in [1.29, 1.82) is 10.5 Å². The molecule has 1 aliphatic heterocycles. The van der Waals surface area contributed by atoms with Crippen LogP contribution in [0.5, 0.6) is 0 Å². The quantitative estimate of drug-likeness (QED) is 0.593. The Kier molecular flexibility index (Phi) is 3.90. The first-order chi connectivity index (χ1) is 6.79. The van der Waals surface area contributed by atoms with Crippen LogP contribution >= 0.6 is 0 Å². The lowest BCUT2D eigenvalue weighted by atomic mass is 10.2. The van der Waals surface area contributed by atoms with Crippen molar-refractivity contribution in [2.24, 2.45) is 0 Å². The van der Waals surface area contributed by atoms with Gasteiger partial charge < -0.3 is 9.64 Å². The molecule has 1 amide bonds. The molecule has 74 valence electrons. The van der Waals surface area contributed by atoms with Crippen LogP contribution in [0.25, 0.3) is 0 Å². The number of carbonyl (C=O) groups excluding carboxylic acids is 1. The Morgan fingerprint density at radius 1 is 1.43 bits per heavy atom. The van der Waals surface area contributed by atoms with Gasteiger partial charge in [0.15, 0.2) is 0 Å². The number of carbonyl (C=O) groups is 1. The van der Waals surface area contributed by atoms with Gasteiger partial charge in [-0.25, -0.2) is 0 Å². The number of rotatable bonds is 3. The van der Waals surface area contributed by atoms with E-state index >= 15 is 0 Å². The van der Waals surface area contributed by atoms with Gasteiger partial charge in [0.1, 0.15) is 19.2 Å². The second-order valence-electron chi connectivity index (χ2n) is 3.01. The largest absolute Gasteiger partial charge is 0.368 e. The molecule has 0 aromatic heterocycles. The maximum absolute atomic E-state index is 11.6. The van der Waals surface area contributed by atoms with E-state index in [2.05, 4.69) is 0 Å². The minimum atomic E-state index is -0.448. The minimum absolute atomic E-state index is 0.0494. The molecule has 0 saturated carbocycles. The molecule has 0 aromatic rings. The average molecular weight is 193 g/mol. The fraction of sp³-hybridized carbons (Fsp3) is 0.667. The molecule has 1 aliphatic rings. The number of amides is 1. The first kappa shape index (κ1) is 10.5. The highest BCUT2D eigenvalue weighted by Gasteiger charge is 2.27. The second kappa shape index (κ2) is 5.21. The van der Waals surface area contributed by atoms with Crippen molar-refractivity contribution >= 4 is 5.91 Å². The third kappa shape index (κ3) is 2.45. The van der Waals surface area contributed by atoms with Crippen LogP contribution in [-0.4, -0.2) is 36.6 Å². The molecule has 1 saturated heterocycles. The van der Waals surface area contributed by atoms with Crippen LogP contribution in [0.3, 0.4) is 0 Å². The maximum atomic E-state index is 11.6.